The van der Waals surface area contributed by atoms with Crippen LogP contribution in [0.4, 0.5) is 13.6 Å². The van der Waals surface area contributed by atoms with Crippen molar-refractivity contribution in [1.29, 1.82) is 0 Å². The largest absolute Gasteiger partial charge is 0.465 e. The number of rotatable bonds is 7. The number of fused-ring (bicyclic) bond motifs is 2. The first-order chi connectivity index (χ1) is 25.3. The average Bonchev–Trinajstić information content (AvgIpc) is 3.55. The lowest BCUT2D eigenvalue weighted by molar-refractivity contribution is 0.0915. The van der Waals surface area contributed by atoms with Gasteiger partial charge in [0, 0.05) is 36.6 Å². The van der Waals surface area contributed by atoms with Crippen LogP contribution < -0.4 is 16.6 Å². The van der Waals surface area contributed by atoms with Crippen LogP contribution in [0.1, 0.15) is 68.5 Å². The summed E-state index contributed by atoms with van der Waals surface area (Å²) >= 11 is 0. The third kappa shape index (κ3) is 7.04. The Morgan fingerprint density at radius 3 is 2.36 bits per heavy atom. The van der Waals surface area contributed by atoms with Gasteiger partial charge in [-0.25, -0.2) is 32.9 Å². The van der Waals surface area contributed by atoms with Gasteiger partial charge in [-0.15, -0.1) is 0 Å². The van der Waals surface area contributed by atoms with Crippen LogP contribution in [0.15, 0.2) is 94.9 Å². The molecule has 1 fully saturated rings. The van der Waals surface area contributed by atoms with Crippen molar-refractivity contribution in [1.82, 2.24) is 33.7 Å². The lowest BCUT2D eigenvalue weighted by atomic mass is 9.90. The summed E-state index contributed by atoms with van der Waals surface area (Å²) in [7, 11) is 0. The Kier molecular flexibility index (Phi) is 9.14. The molecule has 2 amide bonds. The van der Waals surface area contributed by atoms with Crippen LogP contribution in [0.5, 0.6) is 0 Å². The normalized spacial score (nSPS) is 16.2. The molecule has 1 saturated carbocycles. The predicted molar refractivity (Wildman–Crippen MR) is 194 cm³/mol. The quantitative estimate of drug-likeness (QED) is 0.196. The molecule has 0 atom stereocenters. The number of benzene rings is 2. The highest BCUT2D eigenvalue weighted by molar-refractivity contribution is 5.93. The molecule has 4 heterocycles. The third-order valence-corrected chi connectivity index (χ3v) is 9.71. The van der Waals surface area contributed by atoms with E-state index in [2.05, 4.69) is 15.3 Å². The number of aromatic nitrogens is 5. The van der Waals surface area contributed by atoms with Gasteiger partial charge in [0.1, 0.15) is 23.0 Å². The maximum absolute atomic E-state index is 14.5. The molecule has 14 heteroatoms. The summed E-state index contributed by atoms with van der Waals surface area (Å²) < 4.78 is 32.1. The lowest BCUT2D eigenvalue weighted by Gasteiger charge is -2.33. The topological polar surface area (TPSA) is 144 Å². The van der Waals surface area contributed by atoms with Crippen LogP contribution in [0, 0.1) is 11.6 Å². The number of nitrogens with one attached hydrogen (secondary N) is 1. The number of hydrogen-bond acceptors (Lipinski definition) is 6. The first-order valence-corrected chi connectivity index (χ1v) is 17.2. The zero-order chi connectivity index (χ0) is 37.6. The Morgan fingerprint density at radius 2 is 1.66 bits per heavy atom. The molecule has 0 bridgehead atoms. The van der Waals surface area contributed by atoms with Crippen molar-refractivity contribution in [3.63, 3.8) is 0 Å². The molecule has 53 heavy (non-hydrogen) atoms. The van der Waals surface area contributed by atoms with E-state index in [1.54, 1.807) is 18.2 Å². The average molecular weight is 722 g/mol. The van der Waals surface area contributed by atoms with E-state index in [4.69, 9.17) is 0 Å². The van der Waals surface area contributed by atoms with Crippen molar-refractivity contribution < 1.29 is 23.5 Å². The highest BCUT2D eigenvalue weighted by atomic mass is 19.1. The first kappa shape index (κ1) is 35.2. The first-order valence-electron chi connectivity index (χ1n) is 17.2. The fraction of sp³-hybridized carbons (Fsp3) is 0.282. The van der Waals surface area contributed by atoms with E-state index in [0.717, 1.165) is 29.0 Å². The van der Waals surface area contributed by atoms with E-state index in [0.29, 0.717) is 37.0 Å². The minimum Gasteiger partial charge on any atom is -0.465 e. The van der Waals surface area contributed by atoms with Crippen molar-refractivity contribution >= 4 is 28.7 Å². The van der Waals surface area contributed by atoms with Crippen molar-refractivity contribution in [2.75, 3.05) is 0 Å². The smallest absolute Gasteiger partial charge is 0.408 e. The van der Waals surface area contributed by atoms with Gasteiger partial charge in [0.05, 0.1) is 17.3 Å². The Bertz CT molecular complexity index is 2490. The summed E-state index contributed by atoms with van der Waals surface area (Å²) in [4.78, 5) is 62.8. The maximum Gasteiger partial charge on any atom is 0.408 e. The predicted octanol–water partition coefficient (Wildman–Crippen LogP) is 6.33. The molecule has 0 radical (unpaired) electrons. The zero-order valence-electron chi connectivity index (χ0n) is 29.3. The Morgan fingerprint density at radius 1 is 0.925 bits per heavy atom. The number of pyridine rings is 2. The molecule has 1 aliphatic rings. The molecule has 2 N–H and O–H groups in total. The van der Waals surface area contributed by atoms with Gasteiger partial charge in [-0.2, -0.15) is 0 Å². The molecule has 7 rings (SSSR count). The van der Waals surface area contributed by atoms with E-state index >= 15 is 0 Å². The van der Waals surface area contributed by atoms with Gasteiger partial charge in [-0.05, 0) is 93.5 Å². The zero-order valence-corrected chi connectivity index (χ0v) is 29.3. The van der Waals surface area contributed by atoms with E-state index in [1.807, 2.05) is 51.1 Å². The van der Waals surface area contributed by atoms with Crippen LogP contribution in [-0.4, -0.2) is 57.1 Å². The van der Waals surface area contributed by atoms with Crippen LogP contribution >= 0.6 is 0 Å². The standard InChI is InChI=1S/C39H37F2N7O5/c1-39(2,3)46(38(52)53)20-23-7-9-24(10-8-23)25-5-4-6-30(17-25)47-34-31(18-27(41)19-42-34)36(50)48(37(47)51)29-14-12-28(13-15-29)43-35(49)32-22-45-21-26(40)11-16-33(45)44-32/h4-11,16-19,21-22,28-29H,12-15,20H2,1-3H3,(H,43,49)(H,52,53)/t28-,29+. The molecule has 1 aliphatic carbocycles. The van der Waals surface area contributed by atoms with E-state index in [9.17, 15) is 33.1 Å². The summed E-state index contributed by atoms with van der Waals surface area (Å²) in [6.07, 6.45) is 4.37. The lowest BCUT2D eigenvalue weighted by Crippen LogP contribution is -2.45. The molecule has 272 valence electrons. The Labute approximate surface area is 302 Å². The van der Waals surface area contributed by atoms with Gasteiger partial charge in [0.15, 0.2) is 5.65 Å². The highest BCUT2D eigenvalue weighted by Crippen LogP contribution is 2.29. The SMILES string of the molecule is CC(C)(C)N(Cc1ccc(-c2cccc(-n3c(=O)n([C@H]4CC[C@@H](NC(=O)c5cn6cc(F)ccc6n5)CC4)c(=O)c4cc(F)cnc43)c2)cc1)C(=O)O. The number of halogens is 2. The molecule has 2 aromatic carbocycles. The summed E-state index contributed by atoms with van der Waals surface area (Å²) in [6, 6.07) is 17.7. The summed E-state index contributed by atoms with van der Waals surface area (Å²) in [5.41, 5.74) is 1.56. The van der Waals surface area contributed by atoms with Crippen LogP contribution in [0.25, 0.3) is 33.5 Å². The van der Waals surface area contributed by atoms with Gasteiger partial charge in [-0.1, -0.05) is 36.4 Å². The van der Waals surface area contributed by atoms with Gasteiger partial charge >= 0.3 is 11.8 Å². The van der Waals surface area contributed by atoms with Crippen LogP contribution in [0.3, 0.4) is 0 Å². The highest BCUT2D eigenvalue weighted by Gasteiger charge is 2.29. The summed E-state index contributed by atoms with van der Waals surface area (Å²) in [6.45, 7) is 5.71. The Balaban J connectivity index is 1.16. The fourth-order valence-electron chi connectivity index (χ4n) is 6.95. The molecule has 0 saturated heterocycles. The fourth-order valence-corrected chi connectivity index (χ4v) is 6.95. The minimum absolute atomic E-state index is 0.0226. The number of carboxylic acid groups (broad SMARTS) is 1. The number of carbonyl (C=O) groups is 2. The second-order valence-corrected chi connectivity index (χ2v) is 14.3. The number of imidazole rings is 1. The van der Waals surface area contributed by atoms with Gasteiger partial charge in [0.25, 0.3) is 11.5 Å². The number of hydrogen-bond donors (Lipinski definition) is 2. The van der Waals surface area contributed by atoms with Crippen molar-refractivity contribution in [3.8, 4) is 16.8 Å². The molecular formula is C39H37F2N7O5. The number of amides is 2. The van der Waals surface area contributed by atoms with Gasteiger partial charge in [-0.3, -0.25) is 19.1 Å². The molecule has 4 aromatic heterocycles. The van der Waals surface area contributed by atoms with Crippen molar-refractivity contribution in [2.24, 2.45) is 0 Å². The van der Waals surface area contributed by atoms with E-state index < -0.39 is 46.5 Å². The number of carbonyl (C=O) groups excluding carboxylic acids is 1. The molecule has 0 spiro atoms. The maximum atomic E-state index is 14.5. The second kappa shape index (κ2) is 13.7. The molecule has 6 aromatic rings. The number of nitrogens with zero attached hydrogens (tertiary/aromatic N) is 6. The third-order valence-electron chi connectivity index (χ3n) is 9.71. The van der Waals surface area contributed by atoms with Crippen LogP contribution in [-0.2, 0) is 6.54 Å². The van der Waals surface area contributed by atoms with Crippen molar-refractivity contribution in [2.45, 2.75) is 70.6 Å². The molecule has 0 aliphatic heterocycles. The second-order valence-electron chi connectivity index (χ2n) is 14.3. The molecule has 12 nitrogen and oxygen atoms in total. The summed E-state index contributed by atoms with van der Waals surface area (Å²) in [5.74, 6) is -1.58. The van der Waals surface area contributed by atoms with Crippen molar-refractivity contribution in [3.05, 3.63) is 129 Å². The minimum atomic E-state index is -1.01. The molecular weight excluding hydrogens is 684 g/mol. The Hall–Kier alpha value is -6.18. The van der Waals surface area contributed by atoms with E-state index in [1.165, 1.54) is 43.0 Å². The molecule has 0 unspecified atom stereocenters. The van der Waals surface area contributed by atoms with E-state index in [-0.39, 0.29) is 29.3 Å². The van der Waals surface area contributed by atoms with Crippen LogP contribution in [0.2, 0.25) is 0 Å². The van der Waals surface area contributed by atoms with Gasteiger partial charge < -0.3 is 14.8 Å². The monoisotopic (exact) mass is 721 g/mol. The summed E-state index contributed by atoms with van der Waals surface area (Å²) in [5, 5.41) is 12.6. The van der Waals surface area contributed by atoms with Gasteiger partial charge in [0.2, 0.25) is 0 Å².